The molecule has 0 aliphatic carbocycles. The number of rotatable bonds is 5. The monoisotopic (exact) mass is 362 g/mol. The number of aromatic nitrogens is 2. The van der Waals surface area contributed by atoms with Crippen molar-refractivity contribution in [1.29, 1.82) is 0 Å². The Bertz CT molecular complexity index is 900. The lowest BCUT2D eigenvalue weighted by Crippen LogP contribution is -2.41. The van der Waals surface area contributed by atoms with Crippen LogP contribution in [-0.2, 0) is 4.79 Å². The van der Waals surface area contributed by atoms with Crippen molar-refractivity contribution in [2.75, 3.05) is 17.3 Å². The average Bonchev–Trinajstić information content (AvgIpc) is 2.98. The van der Waals surface area contributed by atoms with E-state index in [1.807, 2.05) is 31.0 Å². The quantitative estimate of drug-likeness (QED) is 0.750. The second-order valence-electron chi connectivity index (χ2n) is 5.48. The molecule has 2 heterocycles. The molecule has 1 N–H and O–H groups in total. The summed E-state index contributed by atoms with van der Waals surface area (Å²) in [5.41, 5.74) is 0.909. The third-order valence-corrected chi connectivity index (χ3v) is 4.79. The number of hydrogen-bond acceptors (Lipinski definition) is 5. The van der Waals surface area contributed by atoms with Gasteiger partial charge in [0.2, 0.25) is 5.91 Å². The van der Waals surface area contributed by atoms with Crippen LogP contribution in [0.4, 0.5) is 19.6 Å². The van der Waals surface area contributed by atoms with Crippen molar-refractivity contribution in [3.63, 3.8) is 0 Å². The summed E-state index contributed by atoms with van der Waals surface area (Å²) in [5.74, 6) is -1.68. The second kappa shape index (κ2) is 7.10. The van der Waals surface area contributed by atoms with Gasteiger partial charge in [0.25, 0.3) is 0 Å². The van der Waals surface area contributed by atoms with E-state index >= 15 is 0 Å². The molecule has 1 amide bonds. The van der Waals surface area contributed by atoms with Crippen molar-refractivity contribution >= 4 is 38.3 Å². The van der Waals surface area contributed by atoms with Crippen LogP contribution in [0.1, 0.15) is 13.3 Å². The zero-order valence-electron chi connectivity index (χ0n) is 13.7. The van der Waals surface area contributed by atoms with E-state index in [-0.39, 0.29) is 16.6 Å². The highest BCUT2D eigenvalue weighted by Gasteiger charge is 2.23. The zero-order valence-corrected chi connectivity index (χ0v) is 14.5. The van der Waals surface area contributed by atoms with Gasteiger partial charge in [-0.15, -0.1) is 0 Å². The third kappa shape index (κ3) is 3.58. The predicted octanol–water partition coefficient (Wildman–Crippen LogP) is 3.82. The van der Waals surface area contributed by atoms with Crippen LogP contribution in [0.3, 0.4) is 0 Å². The first-order valence-corrected chi connectivity index (χ1v) is 8.50. The fourth-order valence-corrected chi connectivity index (χ4v) is 3.50. The largest absolute Gasteiger partial charge is 0.363 e. The number of likely N-dealkylation sites (N-methyl/N-ethyl adjacent to an activating group) is 1. The van der Waals surface area contributed by atoms with Crippen molar-refractivity contribution in [3.05, 3.63) is 48.3 Å². The second-order valence-corrected chi connectivity index (χ2v) is 6.51. The molecule has 1 unspecified atom stereocenters. The van der Waals surface area contributed by atoms with Gasteiger partial charge in [0.05, 0.1) is 4.70 Å². The van der Waals surface area contributed by atoms with Crippen molar-refractivity contribution < 1.29 is 13.6 Å². The number of halogens is 2. The molecule has 0 saturated heterocycles. The van der Waals surface area contributed by atoms with E-state index in [0.29, 0.717) is 11.1 Å². The lowest BCUT2D eigenvalue weighted by molar-refractivity contribution is -0.117. The molecule has 2 aromatic heterocycles. The minimum atomic E-state index is -0.743. The standard InChI is InChI=1S/C17H16F2N4OS/c1-3-13(23(2)11-4-6-20-7-5-11)16(24)22-17-21-15-12(19)8-10(18)9-14(15)25-17/h4-9,13H,3H2,1-2H3,(H,21,22,24). The van der Waals surface area contributed by atoms with Gasteiger partial charge in [0.15, 0.2) is 10.9 Å². The minimum Gasteiger partial charge on any atom is -0.363 e. The van der Waals surface area contributed by atoms with Gasteiger partial charge in [-0.3, -0.25) is 9.78 Å². The molecule has 3 rings (SSSR count). The number of anilines is 2. The lowest BCUT2D eigenvalue weighted by atomic mass is 10.1. The summed E-state index contributed by atoms with van der Waals surface area (Å²) >= 11 is 1.04. The van der Waals surface area contributed by atoms with Crippen LogP contribution in [0.15, 0.2) is 36.7 Å². The topological polar surface area (TPSA) is 58.1 Å². The molecular formula is C17H16F2N4OS. The number of benzene rings is 1. The Morgan fingerprint density at radius 3 is 2.72 bits per heavy atom. The molecule has 1 aromatic carbocycles. The molecule has 0 spiro atoms. The summed E-state index contributed by atoms with van der Waals surface area (Å²) in [6, 6.07) is 5.17. The fraction of sp³-hybridized carbons (Fsp3) is 0.235. The Morgan fingerprint density at radius 2 is 2.04 bits per heavy atom. The first-order valence-electron chi connectivity index (χ1n) is 7.69. The van der Waals surface area contributed by atoms with E-state index < -0.39 is 17.7 Å². The molecule has 25 heavy (non-hydrogen) atoms. The number of pyridine rings is 1. The van der Waals surface area contributed by atoms with Gasteiger partial charge in [-0.25, -0.2) is 13.8 Å². The van der Waals surface area contributed by atoms with E-state index in [2.05, 4.69) is 15.3 Å². The Kier molecular flexibility index (Phi) is 4.89. The Hall–Kier alpha value is -2.61. The third-order valence-electron chi connectivity index (χ3n) is 3.87. The molecule has 3 aromatic rings. The van der Waals surface area contributed by atoms with Crippen LogP contribution in [0.2, 0.25) is 0 Å². The molecule has 8 heteroatoms. The molecule has 1 atom stereocenters. The number of carbonyl (C=O) groups excluding carboxylic acids is 1. The Morgan fingerprint density at radius 1 is 1.32 bits per heavy atom. The zero-order chi connectivity index (χ0) is 18.0. The highest BCUT2D eigenvalue weighted by molar-refractivity contribution is 7.22. The van der Waals surface area contributed by atoms with E-state index in [0.717, 1.165) is 23.1 Å². The normalized spacial score (nSPS) is 12.2. The number of hydrogen-bond donors (Lipinski definition) is 1. The maximum absolute atomic E-state index is 13.7. The molecule has 0 bridgehead atoms. The first-order chi connectivity index (χ1) is 12.0. The first kappa shape index (κ1) is 17.2. The van der Waals surface area contributed by atoms with Crippen molar-refractivity contribution in [2.45, 2.75) is 19.4 Å². The number of carbonyl (C=O) groups is 1. The minimum absolute atomic E-state index is 0.0530. The van der Waals surface area contributed by atoms with Crippen LogP contribution < -0.4 is 10.2 Å². The fourth-order valence-electron chi connectivity index (χ4n) is 2.59. The molecule has 0 aliphatic rings. The number of nitrogens with zero attached hydrogens (tertiary/aromatic N) is 3. The van der Waals surface area contributed by atoms with Gasteiger partial charge in [-0.1, -0.05) is 18.3 Å². The molecule has 0 aliphatic heterocycles. The van der Waals surface area contributed by atoms with Gasteiger partial charge < -0.3 is 10.2 Å². The van der Waals surface area contributed by atoms with Crippen LogP contribution >= 0.6 is 11.3 Å². The molecule has 0 saturated carbocycles. The number of nitrogens with one attached hydrogen (secondary N) is 1. The SMILES string of the molecule is CCC(C(=O)Nc1nc2c(F)cc(F)cc2s1)N(C)c1ccncc1. The van der Waals surface area contributed by atoms with Crippen LogP contribution in [0.5, 0.6) is 0 Å². The summed E-state index contributed by atoms with van der Waals surface area (Å²) in [6.07, 6.45) is 3.88. The highest BCUT2D eigenvalue weighted by Crippen LogP contribution is 2.29. The molecular weight excluding hydrogens is 346 g/mol. The highest BCUT2D eigenvalue weighted by atomic mass is 32.1. The van der Waals surface area contributed by atoms with Crippen LogP contribution in [0, 0.1) is 11.6 Å². The van der Waals surface area contributed by atoms with E-state index in [1.54, 1.807) is 12.4 Å². The predicted molar refractivity (Wildman–Crippen MR) is 94.9 cm³/mol. The Labute approximate surface area is 147 Å². The maximum Gasteiger partial charge on any atom is 0.248 e. The molecule has 0 radical (unpaired) electrons. The van der Waals surface area contributed by atoms with Crippen LogP contribution in [0.25, 0.3) is 10.2 Å². The van der Waals surface area contributed by atoms with Crippen molar-refractivity contribution in [3.8, 4) is 0 Å². The summed E-state index contributed by atoms with van der Waals surface area (Å²) in [4.78, 5) is 22.5. The summed E-state index contributed by atoms with van der Waals surface area (Å²) in [5, 5.41) is 2.94. The maximum atomic E-state index is 13.7. The molecule has 0 fully saturated rings. The lowest BCUT2D eigenvalue weighted by Gasteiger charge is -2.27. The van der Waals surface area contributed by atoms with E-state index in [1.165, 1.54) is 6.07 Å². The van der Waals surface area contributed by atoms with Gasteiger partial charge in [-0.05, 0) is 24.6 Å². The summed E-state index contributed by atoms with van der Waals surface area (Å²) < 4.78 is 27.4. The number of thiazole rings is 1. The molecule has 130 valence electrons. The Balaban J connectivity index is 1.81. The van der Waals surface area contributed by atoms with Crippen LogP contribution in [-0.4, -0.2) is 29.0 Å². The van der Waals surface area contributed by atoms with Crippen molar-refractivity contribution in [1.82, 2.24) is 9.97 Å². The average molecular weight is 362 g/mol. The smallest absolute Gasteiger partial charge is 0.248 e. The number of amides is 1. The summed E-state index contributed by atoms with van der Waals surface area (Å²) in [7, 11) is 1.82. The molecule has 5 nitrogen and oxygen atoms in total. The van der Waals surface area contributed by atoms with E-state index in [9.17, 15) is 13.6 Å². The summed E-state index contributed by atoms with van der Waals surface area (Å²) in [6.45, 7) is 1.90. The van der Waals surface area contributed by atoms with Crippen molar-refractivity contribution in [2.24, 2.45) is 0 Å². The number of fused-ring (bicyclic) bond motifs is 1. The van der Waals surface area contributed by atoms with Gasteiger partial charge in [0, 0.05) is 31.2 Å². The van der Waals surface area contributed by atoms with E-state index in [4.69, 9.17) is 0 Å². The van der Waals surface area contributed by atoms with Gasteiger partial charge in [-0.2, -0.15) is 0 Å². The van der Waals surface area contributed by atoms with Gasteiger partial charge >= 0.3 is 0 Å². The van der Waals surface area contributed by atoms with Gasteiger partial charge in [0.1, 0.15) is 17.4 Å².